The van der Waals surface area contributed by atoms with Crippen molar-refractivity contribution in [3.05, 3.63) is 82.2 Å². The van der Waals surface area contributed by atoms with Crippen molar-refractivity contribution < 1.29 is 0 Å². The monoisotopic (exact) mass is 340 g/mol. The summed E-state index contributed by atoms with van der Waals surface area (Å²) in [6.45, 7) is 6.12. The van der Waals surface area contributed by atoms with Crippen molar-refractivity contribution in [3.8, 4) is 12.1 Å². The van der Waals surface area contributed by atoms with Gasteiger partial charge in [-0.3, -0.25) is 0 Å². The zero-order chi connectivity index (χ0) is 18.7. The highest BCUT2D eigenvalue weighted by Crippen LogP contribution is 2.31. The zero-order valence-corrected chi connectivity index (χ0v) is 15.2. The molecular formula is C22H20N4. The Morgan fingerprint density at radius 1 is 0.923 bits per heavy atom. The number of hydrogen-bond donors (Lipinski definition) is 1. The molecule has 0 saturated carbocycles. The molecule has 0 spiro atoms. The van der Waals surface area contributed by atoms with Crippen LogP contribution in [0, 0.1) is 36.5 Å². The number of nitriles is 2. The molecule has 4 heteroatoms. The van der Waals surface area contributed by atoms with Gasteiger partial charge in [-0.05, 0) is 31.9 Å². The summed E-state index contributed by atoms with van der Waals surface area (Å²) in [4.78, 5) is 4.53. The minimum absolute atomic E-state index is 0.124. The van der Waals surface area contributed by atoms with E-state index >= 15 is 0 Å². The van der Waals surface area contributed by atoms with Crippen LogP contribution in [-0.2, 0) is 5.54 Å². The van der Waals surface area contributed by atoms with Gasteiger partial charge in [0.15, 0.2) is 11.4 Å². The fraction of sp³-hybridized carbons (Fsp3) is 0.227. The number of rotatable bonds is 2. The Morgan fingerprint density at radius 2 is 1.50 bits per heavy atom. The third-order valence-electron chi connectivity index (χ3n) is 4.70. The zero-order valence-electron chi connectivity index (χ0n) is 15.2. The number of allylic oxidation sites excluding steroid dienone is 2. The second-order valence-corrected chi connectivity index (χ2v) is 6.87. The van der Waals surface area contributed by atoms with Gasteiger partial charge in [0.1, 0.15) is 12.1 Å². The van der Waals surface area contributed by atoms with Gasteiger partial charge in [-0.25, -0.2) is 4.99 Å². The highest BCUT2D eigenvalue weighted by molar-refractivity contribution is 6.02. The highest BCUT2D eigenvalue weighted by Gasteiger charge is 2.33. The lowest BCUT2D eigenvalue weighted by Gasteiger charge is -2.31. The Morgan fingerprint density at radius 3 is 2.04 bits per heavy atom. The Balaban J connectivity index is 2.15. The standard InChI is InChI=1S/C22H20N4/c1-15-4-8-17(9-5-15)19-12-22(3,18-10-6-16(2)7-11-18)26-21(14-24)20(13-23)25-19/h4-11,26H,12H2,1-3H3. The number of hydrogen-bond acceptors (Lipinski definition) is 4. The molecule has 1 atom stereocenters. The molecule has 1 aliphatic rings. The molecule has 2 aromatic carbocycles. The molecule has 1 heterocycles. The summed E-state index contributed by atoms with van der Waals surface area (Å²) in [6, 6.07) is 20.5. The largest absolute Gasteiger partial charge is 0.364 e. The van der Waals surface area contributed by atoms with Crippen LogP contribution < -0.4 is 5.32 Å². The van der Waals surface area contributed by atoms with Crippen LogP contribution in [0.25, 0.3) is 0 Å². The minimum atomic E-state index is -0.541. The first-order valence-electron chi connectivity index (χ1n) is 8.49. The van der Waals surface area contributed by atoms with Crippen LogP contribution in [0.2, 0.25) is 0 Å². The number of aliphatic imine (C=N–C) groups is 1. The maximum atomic E-state index is 9.54. The molecule has 0 aromatic heterocycles. The van der Waals surface area contributed by atoms with Gasteiger partial charge >= 0.3 is 0 Å². The van der Waals surface area contributed by atoms with Crippen molar-refractivity contribution in [2.24, 2.45) is 4.99 Å². The van der Waals surface area contributed by atoms with Crippen molar-refractivity contribution in [2.75, 3.05) is 0 Å². The van der Waals surface area contributed by atoms with E-state index in [1.165, 1.54) is 5.56 Å². The Hall–Kier alpha value is -3.37. The molecule has 1 aliphatic heterocycles. The van der Waals surface area contributed by atoms with Crippen molar-refractivity contribution in [2.45, 2.75) is 32.7 Å². The molecule has 1 N–H and O–H groups in total. The maximum absolute atomic E-state index is 9.54. The molecule has 26 heavy (non-hydrogen) atoms. The summed E-state index contributed by atoms with van der Waals surface area (Å²) < 4.78 is 0. The summed E-state index contributed by atoms with van der Waals surface area (Å²) in [5.41, 5.74) is 4.93. The molecule has 3 rings (SSSR count). The van der Waals surface area contributed by atoms with Gasteiger partial charge in [0.05, 0.1) is 11.3 Å². The second kappa shape index (κ2) is 6.86. The van der Waals surface area contributed by atoms with Crippen LogP contribution in [0.15, 0.2) is 64.9 Å². The van der Waals surface area contributed by atoms with Gasteiger partial charge < -0.3 is 5.32 Å². The van der Waals surface area contributed by atoms with Gasteiger partial charge in [-0.2, -0.15) is 10.5 Å². The fourth-order valence-electron chi connectivity index (χ4n) is 3.11. The molecule has 1 unspecified atom stereocenters. The lowest BCUT2D eigenvalue weighted by atomic mass is 9.84. The first-order valence-corrected chi connectivity index (χ1v) is 8.49. The highest BCUT2D eigenvalue weighted by atomic mass is 15.0. The molecule has 4 nitrogen and oxygen atoms in total. The quantitative estimate of drug-likeness (QED) is 0.888. The average molecular weight is 340 g/mol. The van der Waals surface area contributed by atoms with E-state index in [9.17, 15) is 10.5 Å². The summed E-state index contributed by atoms with van der Waals surface area (Å²) in [7, 11) is 0. The van der Waals surface area contributed by atoms with Crippen LogP contribution >= 0.6 is 0 Å². The Kier molecular flexibility index (Phi) is 4.61. The van der Waals surface area contributed by atoms with Crippen molar-refractivity contribution >= 4 is 5.71 Å². The van der Waals surface area contributed by atoms with E-state index < -0.39 is 5.54 Å². The Bertz CT molecular complexity index is 967. The molecule has 0 radical (unpaired) electrons. The fourth-order valence-corrected chi connectivity index (χ4v) is 3.11. The first kappa shape index (κ1) is 17.5. The lowest BCUT2D eigenvalue weighted by molar-refractivity contribution is 0.428. The molecule has 0 saturated heterocycles. The Labute approximate surface area is 154 Å². The molecule has 2 aromatic rings. The topological polar surface area (TPSA) is 72.0 Å². The van der Waals surface area contributed by atoms with E-state index in [0.29, 0.717) is 6.42 Å². The summed E-state index contributed by atoms with van der Waals surface area (Å²) >= 11 is 0. The maximum Gasteiger partial charge on any atom is 0.174 e. The SMILES string of the molecule is Cc1ccc(C2=NC(C#N)=C(C#N)NC(C)(c3ccc(C)cc3)C2)cc1. The molecule has 0 aliphatic carbocycles. The van der Waals surface area contributed by atoms with E-state index in [4.69, 9.17) is 0 Å². The van der Waals surface area contributed by atoms with E-state index in [1.54, 1.807) is 0 Å². The third-order valence-corrected chi connectivity index (χ3v) is 4.70. The van der Waals surface area contributed by atoms with Gasteiger partial charge in [0.2, 0.25) is 0 Å². The summed E-state index contributed by atoms with van der Waals surface area (Å²) in [5.74, 6) is 0. The normalized spacial score (nSPS) is 19.7. The second-order valence-electron chi connectivity index (χ2n) is 6.87. The number of aryl methyl sites for hydroxylation is 2. The van der Waals surface area contributed by atoms with Crippen LogP contribution in [0.4, 0.5) is 0 Å². The van der Waals surface area contributed by atoms with E-state index in [0.717, 1.165) is 22.4 Å². The van der Waals surface area contributed by atoms with E-state index in [1.807, 2.05) is 45.0 Å². The van der Waals surface area contributed by atoms with Gasteiger partial charge in [0.25, 0.3) is 0 Å². The molecule has 0 fully saturated rings. The van der Waals surface area contributed by atoms with Crippen molar-refractivity contribution in [1.82, 2.24) is 5.32 Å². The lowest BCUT2D eigenvalue weighted by Crippen LogP contribution is -2.40. The van der Waals surface area contributed by atoms with Crippen LogP contribution in [-0.4, -0.2) is 5.71 Å². The third kappa shape index (κ3) is 3.36. The van der Waals surface area contributed by atoms with E-state index in [2.05, 4.69) is 46.7 Å². The minimum Gasteiger partial charge on any atom is -0.364 e. The van der Waals surface area contributed by atoms with Gasteiger partial charge in [-0.15, -0.1) is 0 Å². The molecule has 0 amide bonds. The molecule has 0 bridgehead atoms. The molecule has 128 valence electrons. The predicted molar refractivity (Wildman–Crippen MR) is 102 cm³/mol. The van der Waals surface area contributed by atoms with Crippen LogP contribution in [0.5, 0.6) is 0 Å². The molecular weight excluding hydrogens is 320 g/mol. The number of benzene rings is 2. The van der Waals surface area contributed by atoms with Gasteiger partial charge in [0, 0.05) is 6.42 Å². The van der Waals surface area contributed by atoms with Crippen molar-refractivity contribution in [3.63, 3.8) is 0 Å². The summed E-state index contributed by atoms with van der Waals surface area (Å²) in [6.07, 6.45) is 0.565. The average Bonchev–Trinajstić information content (AvgIpc) is 2.79. The summed E-state index contributed by atoms with van der Waals surface area (Å²) in [5, 5.41) is 22.3. The van der Waals surface area contributed by atoms with Crippen LogP contribution in [0.3, 0.4) is 0 Å². The van der Waals surface area contributed by atoms with Crippen molar-refractivity contribution in [1.29, 1.82) is 10.5 Å². The van der Waals surface area contributed by atoms with Crippen LogP contribution in [0.1, 0.15) is 35.6 Å². The van der Waals surface area contributed by atoms with E-state index in [-0.39, 0.29) is 11.4 Å². The predicted octanol–water partition coefficient (Wildman–Crippen LogP) is 4.26. The first-order chi connectivity index (χ1) is 12.4. The smallest absolute Gasteiger partial charge is 0.174 e. The number of nitrogens with one attached hydrogen (secondary N) is 1. The van der Waals surface area contributed by atoms with Gasteiger partial charge in [-0.1, -0.05) is 59.7 Å². The number of nitrogens with zero attached hydrogens (tertiary/aromatic N) is 3.